The second kappa shape index (κ2) is 9.11. The van der Waals surface area contributed by atoms with Gasteiger partial charge in [0.2, 0.25) is 0 Å². The Bertz CT molecular complexity index is 1290. The van der Waals surface area contributed by atoms with Gasteiger partial charge in [-0.05, 0) is 44.2 Å². The first-order valence-electron chi connectivity index (χ1n) is 11.2. The van der Waals surface area contributed by atoms with Crippen LogP contribution in [-0.4, -0.2) is 51.9 Å². The maximum Gasteiger partial charge on any atom is 0.191 e. The lowest BCUT2D eigenvalue weighted by Crippen LogP contribution is -2.35. The summed E-state index contributed by atoms with van der Waals surface area (Å²) < 4.78 is 11.7. The molecule has 0 aliphatic carbocycles. The zero-order valence-corrected chi connectivity index (χ0v) is 18.8. The number of pyridine rings is 2. The first-order valence-corrected chi connectivity index (χ1v) is 11.2. The summed E-state index contributed by atoms with van der Waals surface area (Å²) in [6, 6.07) is 11.4. The van der Waals surface area contributed by atoms with Gasteiger partial charge in [-0.25, -0.2) is 4.98 Å². The smallest absolute Gasteiger partial charge is 0.191 e. The SMILES string of the molecule is Cc1ncc(-c2cnc3cnc(CC(=O)c4cccc(OC5CCN(C)CC5)c4)cc3c2)o1. The molecule has 4 aromatic rings. The van der Waals surface area contributed by atoms with Crippen LogP contribution in [0.5, 0.6) is 5.75 Å². The number of nitrogens with zero attached hydrogens (tertiary/aromatic N) is 4. The number of piperidine rings is 1. The van der Waals surface area contributed by atoms with Gasteiger partial charge in [-0.2, -0.15) is 0 Å². The number of ketones is 1. The molecule has 1 aliphatic heterocycles. The molecule has 0 amide bonds. The Morgan fingerprint density at radius 1 is 1.09 bits per heavy atom. The van der Waals surface area contributed by atoms with Gasteiger partial charge in [0, 0.05) is 48.4 Å². The standard InChI is InChI=1S/C26H26N4O3/c1-17-27-16-26(32-17)20-10-19-11-21(28-15-24(19)29-14-20)13-25(31)18-4-3-5-23(12-18)33-22-6-8-30(2)9-7-22/h3-5,10-12,14-16,22H,6-9,13H2,1-2H3. The van der Waals surface area contributed by atoms with E-state index in [-0.39, 0.29) is 18.3 Å². The molecule has 33 heavy (non-hydrogen) atoms. The molecule has 1 saturated heterocycles. The lowest BCUT2D eigenvalue weighted by Gasteiger charge is -2.29. The summed E-state index contributed by atoms with van der Waals surface area (Å²) >= 11 is 0. The number of rotatable bonds is 6. The fraction of sp³-hybridized carbons (Fsp3) is 0.308. The molecule has 1 fully saturated rings. The number of aryl methyl sites for hydroxylation is 1. The molecule has 0 radical (unpaired) electrons. The summed E-state index contributed by atoms with van der Waals surface area (Å²) in [5.74, 6) is 2.02. The maximum atomic E-state index is 13.0. The molecule has 1 aliphatic rings. The van der Waals surface area contributed by atoms with Crippen LogP contribution in [0.15, 0.2) is 59.4 Å². The van der Waals surface area contributed by atoms with E-state index in [0.717, 1.165) is 48.1 Å². The number of aromatic nitrogens is 3. The van der Waals surface area contributed by atoms with E-state index in [1.165, 1.54) is 0 Å². The maximum absolute atomic E-state index is 13.0. The molecule has 4 heterocycles. The summed E-state index contributed by atoms with van der Waals surface area (Å²) in [6.07, 6.45) is 7.53. The molecular formula is C26H26N4O3. The lowest BCUT2D eigenvalue weighted by atomic mass is 10.0. The van der Waals surface area contributed by atoms with Crippen molar-refractivity contribution in [3.8, 4) is 17.1 Å². The topological polar surface area (TPSA) is 81.3 Å². The van der Waals surface area contributed by atoms with Gasteiger partial charge in [0.25, 0.3) is 0 Å². The minimum atomic E-state index is 0.00523. The number of benzene rings is 1. The Labute approximate surface area is 192 Å². The van der Waals surface area contributed by atoms with Crippen LogP contribution in [0.2, 0.25) is 0 Å². The van der Waals surface area contributed by atoms with Crippen LogP contribution >= 0.6 is 0 Å². The minimum absolute atomic E-state index is 0.00523. The number of oxazole rings is 1. The molecule has 7 heteroatoms. The van der Waals surface area contributed by atoms with Gasteiger partial charge >= 0.3 is 0 Å². The molecule has 1 aromatic carbocycles. The quantitative estimate of drug-likeness (QED) is 0.407. The Balaban J connectivity index is 1.31. The zero-order valence-electron chi connectivity index (χ0n) is 18.8. The van der Waals surface area contributed by atoms with Gasteiger partial charge < -0.3 is 14.1 Å². The second-order valence-corrected chi connectivity index (χ2v) is 8.58. The number of fused-ring (bicyclic) bond motifs is 1. The average Bonchev–Trinajstić information content (AvgIpc) is 3.26. The van der Waals surface area contributed by atoms with Crippen LogP contribution in [0.3, 0.4) is 0 Å². The first-order chi connectivity index (χ1) is 16.0. The molecule has 0 N–H and O–H groups in total. The average molecular weight is 443 g/mol. The minimum Gasteiger partial charge on any atom is -0.490 e. The van der Waals surface area contributed by atoms with Crippen molar-refractivity contribution in [2.24, 2.45) is 0 Å². The highest BCUT2D eigenvalue weighted by Gasteiger charge is 2.18. The fourth-order valence-corrected chi connectivity index (χ4v) is 4.11. The Hall–Kier alpha value is -3.58. The van der Waals surface area contributed by atoms with Crippen molar-refractivity contribution < 1.29 is 13.9 Å². The number of hydrogen-bond acceptors (Lipinski definition) is 7. The summed E-state index contributed by atoms with van der Waals surface area (Å²) in [6.45, 7) is 3.87. The molecule has 0 atom stereocenters. The number of carbonyl (C=O) groups excluding carboxylic acids is 1. The van der Waals surface area contributed by atoms with Crippen molar-refractivity contribution >= 4 is 16.7 Å². The summed E-state index contributed by atoms with van der Waals surface area (Å²) in [5, 5.41) is 0.902. The molecule has 0 bridgehead atoms. The van der Waals surface area contributed by atoms with Crippen molar-refractivity contribution in [1.82, 2.24) is 19.9 Å². The third kappa shape index (κ3) is 4.93. The van der Waals surface area contributed by atoms with Gasteiger partial charge in [0.05, 0.1) is 24.3 Å². The van der Waals surface area contributed by atoms with Crippen molar-refractivity contribution in [2.75, 3.05) is 20.1 Å². The van der Waals surface area contributed by atoms with Gasteiger partial charge in [-0.1, -0.05) is 12.1 Å². The van der Waals surface area contributed by atoms with E-state index in [2.05, 4.69) is 26.9 Å². The third-order valence-corrected chi connectivity index (χ3v) is 6.00. The monoisotopic (exact) mass is 442 g/mol. The van der Waals surface area contributed by atoms with Crippen molar-refractivity contribution in [3.63, 3.8) is 0 Å². The van der Waals surface area contributed by atoms with E-state index in [0.29, 0.717) is 22.9 Å². The van der Waals surface area contributed by atoms with Crippen molar-refractivity contribution in [2.45, 2.75) is 32.3 Å². The van der Waals surface area contributed by atoms with E-state index in [1.54, 1.807) is 25.5 Å². The molecule has 0 saturated carbocycles. The Kier molecular flexibility index (Phi) is 5.88. The van der Waals surface area contributed by atoms with Crippen LogP contribution in [0.25, 0.3) is 22.2 Å². The normalized spacial score (nSPS) is 15.1. The summed E-state index contributed by atoms with van der Waals surface area (Å²) in [7, 11) is 2.13. The molecule has 0 spiro atoms. The highest BCUT2D eigenvalue weighted by molar-refractivity contribution is 5.98. The number of likely N-dealkylation sites (tertiary alicyclic amines) is 1. The third-order valence-electron chi connectivity index (χ3n) is 6.00. The highest BCUT2D eigenvalue weighted by atomic mass is 16.5. The zero-order chi connectivity index (χ0) is 22.8. The molecule has 168 valence electrons. The van der Waals surface area contributed by atoms with E-state index in [1.807, 2.05) is 36.4 Å². The van der Waals surface area contributed by atoms with E-state index in [9.17, 15) is 4.79 Å². The van der Waals surface area contributed by atoms with Crippen molar-refractivity contribution in [1.29, 1.82) is 0 Å². The van der Waals surface area contributed by atoms with E-state index in [4.69, 9.17) is 9.15 Å². The molecule has 5 rings (SSSR count). The van der Waals surface area contributed by atoms with E-state index >= 15 is 0 Å². The van der Waals surface area contributed by atoms with Crippen LogP contribution in [-0.2, 0) is 6.42 Å². The first kappa shape index (κ1) is 21.3. The van der Waals surface area contributed by atoms with Crippen LogP contribution < -0.4 is 4.74 Å². The summed E-state index contributed by atoms with van der Waals surface area (Å²) in [4.78, 5) is 28.4. The molecule has 3 aromatic heterocycles. The fourth-order valence-electron chi connectivity index (χ4n) is 4.11. The molecule has 0 unspecified atom stereocenters. The van der Waals surface area contributed by atoms with Crippen LogP contribution in [0.1, 0.15) is 34.8 Å². The largest absolute Gasteiger partial charge is 0.490 e. The second-order valence-electron chi connectivity index (χ2n) is 8.58. The number of carbonyl (C=O) groups is 1. The molecule has 7 nitrogen and oxygen atoms in total. The van der Waals surface area contributed by atoms with Crippen molar-refractivity contribution in [3.05, 3.63) is 72.1 Å². The highest BCUT2D eigenvalue weighted by Crippen LogP contribution is 2.24. The van der Waals surface area contributed by atoms with Crippen LogP contribution in [0, 0.1) is 6.92 Å². The lowest BCUT2D eigenvalue weighted by molar-refractivity contribution is 0.0988. The Morgan fingerprint density at radius 3 is 2.73 bits per heavy atom. The predicted octanol–water partition coefficient (Wildman–Crippen LogP) is 4.49. The number of Topliss-reactive ketones (excluding diaryl/α,β-unsaturated/α-hetero) is 1. The predicted molar refractivity (Wildman–Crippen MR) is 125 cm³/mol. The Morgan fingerprint density at radius 2 is 1.94 bits per heavy atom. The molecular weight excluding hydrogens is 416 g/mol. The van der Waals surface area contributed by atoms with Gasteiger partial charge in [0.15, 0.2) is 17.4 Å². The van der Waals surface area contributed by atoms with E-state index < -0.39 is 0 Å². The van der Waals surface area contributed by atoms with Gasteiger partial charge in [-0.3, -0.25) is 14.8 Å². The number of ether oxygens (including phenoxy) is 1. The van der Waals surface area contributed by atoms with Gasteiger partial charge in [-0.15, -0.1) is 0 Å². The van der Waals surface area contributed by atoms with Gasteiger partial charge in [0.1, 0.15) is 11.9 Å². The van der Waals surface area contributed by atoms with Crippen LogP contribution in [0.4, 0.5) is 0 Å². The summed E-state index contributed by atoms with van der Waals surface area (Å²) in [5.41, 5.74) is 2.93. The number of hydrogen-bond donors (Lipinski definition) is 0.